The molecule has 1 heterocycles. The second kappa shape index (κ2) is 8.14. The average Bonchev–Trinajstić information content (AvgIpc) is 3.02. The normalized spacial score (nSPS) is 12.0. The second-order valence-electron chi connectivity index (χ2n) is 5.86. The molecule has 0 radical (unpaired) electrons. The van der Waals surface area contributed by atoms with E-state index in [4.69, 9.17) is 0 Å². The fourth-order valence-electron chi connectivity index (χ4n) is 2.53. The number of thioether (sulfide) groups is 1. The van der Waals surface area contributed by atoms with E-state index < -0.39 is 0 Å². The predicted molar refractivity (Wildman–Crippen MR) is 100 cm³/mol. The van der Waals surface area contributed by atoms with E-state index in [1.54, 1.807) is 12.1 Å². The number of aromatic nitrogens is 3. The summed E-state index contributed by atoms with van der Waals surface area (Å²) >= 11 is 1.33. The van der Waals surface area contributed by atoms with Gasteiger partial charge in [-0.2, -0.15) is 0 Å². The first-order valence-corrected chi connectivity index (χ1v) is 9.15. The molecule has 0 aliphatic heterocycles. The molecule has 1 aromatic heterocycles. The van der Waals surface area contributed by atoms with E-state index >= 15 is 0 Å². The van der Waals surface area contributed by atoms with Crippen LogP contribution in [0.5, 0.6) is 0 Å². The molecule has 3 rings (SSSR count). The second-order valence-corrected chi connectivity index (χ2v) is 6.80. The third-order valence-electron chi connectivity index (χ3n) is 3.95. The maximum absolute atomic E-state index is 13.0. The van der Waals surface area contributed by atoms with Crippen LogP contribution in [0.15, 0.2) is 59.8 Å². The van der Waals surface area contributed by atoms with Crippen LogP contribution >= 0.6 is 11.8 Å². The number of rotatable bonds is 6. The number of halogens is 1. The molecule has 0 spiro atoms. The van der Waals surface area contributed by atoms with Gasteiger partial charge in [-0.25, -0.2) is 4.39 Å². The first-order chi connectivity index (χ1) is 12.5. The van der Waals surface area contributed by atoms with E-state index in [-0.39, 0.29) is 23.5 Å². The van der Waals surface area contributed by atoms with Gasteiger partial charge in [0.15, 0.2) is 11.0 Å². The Hall–Kier alpha value is -2.67. The lowest BCUT2D eigenvalue weighted by molar-refractivity contribution is -0.119. The molecule has 2 aromatic carbocycles. The Bertz CT molecular complexity index is 880. The predicted octanol–water partition coefficient (Wildman–Crippen LogP) is 3.59. The first-order valence-electron chi connectivity index (χ1n) is 8.17. The van der Waals surface area contributed by atoms with Crippen molar-refractivity contribution in [3.63, 3.8) is 0 Å². The van der Waals surface area contributed by atoms with E-state index in [0.29, 0.717) is 5.16 Å². The molecular formula is C19H19FN4OS. The fraction of sp³-hybridized carbons (Fsp3) is 0.211. The Balaban J connectivity index is 1.58. The van der Waals surface area contributed by atoms with Crippen molar-refractivity contribution in [2.24, 2.45) is 7.05 Å². The number of amides is 1. The summed E-state index contributed by atoms with van der Waals surface area (Å²) in [7, 11) is 1.88. The van der Waals surface area contributed by atoms with Gasteiger partial charge in [-0.3, -0.25) is 4.79 Å². The van der Waals surface area contributed by atoms with Gasteiger partial charge in [-0.15, -0.1) is 10.2 Å². The van der Waals surface area contributed by atoms with Crippen LogP contribution in [0, 0.1) is 5.82 Å². The molecule has 0 bridgehead atoms. The molecule has 0 saturated heterocycles. The van der Waals surface area contributed by atoms with Gasteiger partial charge in [-0.1, -0.05) is 54.2 Å². The minimum Gasteiger partial charge on any atom is -0.349 e. The minimum absolute atomic E-state index is 0.115. The first kappa shape index (κ1) is 18.1. The summed E-state index contributed by atoms with van der Waals surface area (Å²) in [5, 5.41) is 11.9. The van der Waals surface area contributed by atoms with E-state index in [9.17, 15) is 9.18 Å². The van der Waals surface area contributed by atoms with Crippen LogP contribution < -0.4 is 5.32 Å². The number of nitrogens with one attached hydrogen (secondary N) is 1. The molecule has 1 unspecified atom stereocenters. The molecule has 0 aliphatic carbocycles. The smallest absolute Gasteiger partial charge is 0.230 e. The van der Waals surface area contributed by atoms with Crippen molar-refractivity contribution in [1.29, 1.82) is 0 Å². The van der Waals surface area contributed by atoms with Crippen molar-refractivity contribution in [3.8, 4) is 11.4 Å². The van der Waals surface area contributed by atoms with Crippen LogP contribution in [-0.2, 0) is 11.8 Å². The minimum atomic E-state index is -0.292. The van der Waals surface area contributed by atoms with Gasteiger partial charge in [0.2, 0.25) is 5.91 Å². The Morgan fingerprint density at radius 1 is 1.15 bits per heavy atom. The molecular weight excluding hydrogens is 351 g/mol. The Morgan fingerprint density at radius 2 is 1.85 bits per heavy atom. The maximum atomic E-state index is 13.0. The van der Waals surface area contributed by atoms with Gasteiger partial charge in [0, 0.05) is 12.6 Å². The molecule has 1 atom stereocenters. The Kier molecular flexibility index (Phi) is 5.68. The van der Waals surface area contributed by atoms with Crippen LogP contribution in [0.3, 0.4) is 0 Å². The highest BCUT2D eigenvalue weighted by molar-refractivity contribution is 7.99. The van der Waals surface area contributed by atoms with Crippen LogP contribution in [-0.4, -0.2) is 26.4 Å². The van der Waals surface area contributed by atoms with E-state index in [1.165, 1.54) is 23.9 Å². The van der Waals surface area contributed by atoms with Gasteiger partial charge in [0.1, 0.15) is 5.82 Å². The average molecular weight is 370 g/mol. The quantitative estimate of drug-likeness (QED) is 0.674. The van der Waals surface area contributed by atoms with Gasteiger partial charge in [-0.05, 0) is 24.6 Å². The van der Waals surface area contributed by atoms with Crippen LogP contribution in [0.2, 0.25) is 0 Å². The van der Waals surface area contributed by atoms with Crippen LogP contribution in [0.4, 0.5) is 4.39 Å². The van der Waals surface area contributed by atoms with Crippen molar-refractivity contribution >= 4 is 17.7 Å². The molecule has 7 heteroatoms. The standard InChI is InChI=1S/C19H19FN4OS/c1-13(14-8-10-16(20)11-9-14)21-17(25)12-26-19-23-22-18(24(19)2)15-6-4-3-5-7-15/h3-11,13H,12H2,1-2H3,(H,21,25). The lowest BCUT2D eigenvalue weighted by Crippen LogP contribution is -2.28. The van der Waals surface area contributed by atoms with Gasteiger partial charge in [0.05, 0.1) is 11.8 Å². The largest absolute Gasteiger partial charge is 0.349 e. The summed E-state index contributed by atoms with van der Waals surface area (Å²) in [5.74, 6) is 0.579. The number of hydrogen-bond acceptors (Lipinski definition) is 4. The van der Waals surface area contributed by atoms with Crippen LogP contribution in [0.25, 0.3) is 11.4 Å². The van der Waals surface area contributed by atoms with Gasteiger partial charge >= 0.3 is 0 Å². The lowest BCUT2D eigenvalue weighted by Gasteiger charge is -2.14. The van der Waals surface area contributed by atoms with Crippen LogP contribution in [0.1, 0.15) is 18.5 Å². The van der Waals surface area contributed by atoms with E-state index in [2.05, 4.69) is 15.5 Å². The van der Waals surface area contributed by atoms with Gasteiger partial charge in [0.25, 0.3) is 0 Å². The molecule has 0 aliphatic rings. The molecule has 3 aromatic rings. The highest BCUT2D eigenvalue weighted by Gasteiger charge is 2.14. The van der Waals surface area contributed by atoms with Crippen molar-refractivity contribution in [3.05, 3.63) is 66.0 Å². The number of hydrogen-bond donors (Lipinski definition) is 1. The highest BCUT2D eigenvalue weighted by atomic mass is 32.2. The lowest BCUT2D eigenvalue weighted by atomic mass is 10.1. The van der Waals surface area contributed by atoms with E-state index in [1.807, 2.05) is 48.9 Å². The Labute approximate surface area is 155 Å². The number of benzene rings is 2. The molecule has 1 amide bonds. The maximum Gasteiger partial charge on any atom is 0.230 e. The molecule has 0 saturated carbocycles. The molecule has 5 nitrogen and oxygen atoms in total. The third kappa shape index (κ3) is 4.29. The van der Waals surface area contributed by atoms with Gasteiger partial charge < -0.3 is 9.88 Å². The number of nitrogens with zero attached hydrogens (tertiary/aromatic N) is 3. The summed E-state index contributed by atoms with van der Waals surface area (Å²) in [5.41, 5.74) is 1.83. The number of carbonyl (C=O) groups excluding carboxylic acids is 1. The number of carbonyl (C=O) groups is 1. The molecule has 26 heavy (non-hydrogen) atoms. The topological polar surface area (TPSA) is 59.8 Å². The van der Waals surface area contributed by atoms with Crippen molar-refractivity contribution in [2.45, 2.75) is 18.1 Å². The molecule has 134 valence electrons. The highest BCUT2D eigenvalue weighted by Crippen LogP contribution is 2.22. The molecule has 1 N–H and O–H groups in total. The summed E-state index contributed by atoms with van der Waals surface area (Å²) in [6.07, 6.45) is 0. The monoisotopic (exact) mass is 370 g/mol. The van der Waals surface area contributed by atoms with Crippen molar-refractivity contribution in [1.82, 2.24) is 20.1 Å². The van der Waals surface area contributed by atoms with Crippen molar-refractivity contribution in [2.75, 3.05) is 5.75 Å². The zero-order valence-electron chi connectivity index (χ0n) is 14.5. The third-order valence-corrected chi connectivity index (χ3v) is 4.97. The summed E-state index contributed by atoms with van der Waals surface area (Å²) in [4.78, 5) is 12.2. The zero-order chi connectivity index (χ0) is 18.5. The summed E-state index contributed by atoms with van der Waals surface area (Å²) in [6.45, 7) is 1.87. The zero-order valence-corrected chi connectivity index (χ0v) is 15.3. The SMILES string of the molecule is CC(NC(=O)CSc1nnc(-c2ccccc2)n1C)c1ccc(F)cc1. The Morgan fingerprint density at radius 3 is 2.54 bits per heavy atom. The van der Waals surface area contributed by atoms with Crippen molar-refractivity contribution < 1.29 is 9.18 Å². The summed E-state index contributed by atoms with van der Waals surface area (Å²) in [6, 6.07) is 15.7. The molecule has 0 fully saturated rings. The van der Waals surface area contributed by atoms with E-state index in [0.717, 1.165) is 17.0 Å². The fourth-order valence-corrected chi connectivity index (χ4v) is 3.25. The summed E-state index contributed by atoms with van der Waals surface area (Å²) < 4.78 is 14.8.